The van der Waals surface area contributed by atoms with Gasteiger partial charge in [-0.1, -0.05) is 59.8 Å². The van der Waals surface area contributed by atoms with Crippen molar-refractivity contribution < 1.29 is 9.59 Å². The number of carbonyl (C=O) groups is 2. The predicted molar refractivity (Wildman–Crippen MR) is 79.7 cm³/mol. The van der Waals surface area contributed by atoms with Gasteiger partial charge in [0.25, 0.3) is 5.78 Å². The van der Waals surface area contributed by atoms with Gasteiger partial charge in [-0.3, -0.25) is 9.59 Å². The molecule has 0 saturated heterocycles. The average Bonchev–Trinajstić information content (AvgIpc) is 2.97. The van der Waals surface area contributed by atoms with E-state index in [4.69, 9.17) is 0 Å². The van der Waals surface area contributed by atoms with Gasteiger partial charge in [0.05, 0.1) is 6.54 Å². The highest BCUT2D eigenvalue weighted by atomic mass is 16.2. The van der Waals surface area contributed by atoms with Crippen molar-refractivity contribution in [3.05, 3.63) is 71.4 Å². The molecule has 1 aliphatic rings. The molecule has 2 aromatic carbocycles. The molecule has 3 aromatic rings. The zero-order valence-corrected chi connectivity index (χ0v) is 11.6. The normalized spacial score (nSPS) is 12.9. The smallest absolute Gasteiger partial charge is 0.253 e. The number of benzene rings is 2. The zero-order valence-electron chi connectivity index (χ0n) is 11.6. The molecule has 0 saturated carbocycles. The second-order valence-electron chi connectivity index (χ2n) is 5.13. The Kier molecular flexibility index (Phi) is 2.72. The summed E-state index contributed by atoms with van der Waals surface area (Å²) in [5.41, 5.74) is 2.81. The molecule has 0 fully saturated rings. The first-order valence-corrected chi connectivity index (χ1v) is 6.91. The van der Waals surface area contributed by atoms with Crippen molar-refractivity contribution in [3.8, 4) is 11.3 Å². The molecule has 0 N–H and O–H groups in total. The Morgan fingerprint density at radius 2 is 1.50 bits per heavy atom. The van der Waals surface area contributed by atoms with Gasteiger partial charge in [0.2, 0.25) is 5.78 Å². The first-order chi connectivity index (χ1) is 10.8. The van der Waals surface area contributed by atoms with E-state index in [2.05, 4.69) is 10.3 Å². The number of rotatable bonds is 2. The molecule has 5 nitrogen and oxygen atoms in total. The summed E-state index contributed by atoms with van der Waals surface area (Å²) in [6.07, 6.45) is 0. The Morgan fingerprint density at radius 3 is 2.27 bits per heavy atom. The fourth-order valence-corrected chi connectivity index (χ4v) is 2.70. The van der Waals surface area contributed by atoms with Crippen LogP contribution in [0.15, 0.2) is 54.6 Å². The first-order valence-electron chi connectivity index (χ1n) is 6.91. The van der Waals surface area contributed by atoms with Crippen molar-refractivity contribution in [1.29, 1.82) is 0 Å². The molecule has 0 aliphatic heterocycles. The molecule has 0 bridgehead atoms. The summed E-state index contributed by atoms with van der Waals surface area (Å²) in [7, 11) is 0. The van der Waals surface area contributed by atoms with Crippen LogP contribution in [0.3, 0.4) is 0 Å². The van der Waals surface area contributed by atoms with E-state index >= 15 is 0 Å². The van der Waals surface area contributed by atoms with Gasteiger partial charge < -0.3 is 0 Å². The van der Waals surface area contributed by atoms with Crippen LogP contribution >= 0.6 is 0 Å². The largest absolute Gasteiger partial charge is 0.285 e. The lowest BCUT2D eigenvalue weighted by atomic mass is 9.90. The summed E-state index contributed by atoms with van der Waals surface area (Å²) in [6, 6.07) is 16.6. The lowest BCUT2D eigenvalue weighted by molar-refractivity contribution is 0.0809. The molecule has 0 spiro atoms. The van der Waals surface area contributed by atoms with Gasteiger partial charge in [-0.25, -0.2) is 4.68 Å². The van der Waals surface area contributed by atoms with Crippen LogP contribution in [0.5, 0.6) is 0 Å². The number of ketones is 2. The highest BCUT2D eigenvalue weighted by molar-refractivity contribution is 6.52. The van der Waals surface area contributed by atoms with E-state index in [9.17, 15) is 9.59 Å². The fourth-order valence-electron chi connectivity index (χ4n) is 2.70. The highest BCUT2D eigenvalue weighted by Gasteiger charge is 2.35. The molecule has 0 amide bonds. The van der Waals surface area contributed by atoms with Gasteiger partial charge in [-0.05, 0) is 5.56 Å². The maximum atomic E-state index is 12.4. The Hall–Kier alpha value is -3.08. The van der Waals surface area contributed by atoms with Gasteiger partial charge >= 0.3 is 0 Å². The number of aromatic nitrogens is 3. The molecule has 0 radical (unpaired) electrons. The zero-order chi connectivity index (χ0) is 15.1. The van der Waals surface area contributed by atoms with Crippen LogP contribution in [0.2, 0.25) is 0 Å². The fraction of sp³-hybridized carbons (Fsp3) is 0.0588. The third-order valence-electron chi connectivity index (χ3n) is 3.76. The maximum absolute atomic E-state index is 12.4. The van der Waals surface area contributed by atoms with Crippen LogP contribution in [-0.2, 0) is 6.54 Å². The molecule has 4 rings (SSSR count). The molecule has 0 unspecified atom stereocenters. The van der Waals surface area contributed by atoms with E-state index in [-0.39, 0.29) is 5.69 Å². The Morgan fingerprint density at radius 1 is 0.818 bits per heavy atom. The molecular formula is C17H11N3O2. The minimum absolute atomic E-state index is 0.271. The third kappa shape index (κ3) is 1.79. The molecule has 1 aliphatic carbocycles. The Balaban J connectivity index is 1.86. The van der Waals surface area contributed by atoms with E-state index in [0.29, 0.717) is 23.4 Å². The van der Waals surface area contributed by atoms with Gasteiger partial charge in [-0.2, -0.15) is 0 Å². The molecule has 22 heavy (non-hydrogen) atoms. The third-order valence-corrected chi connectivity index (χ3v) is 3.76. The molecule has 1 heterocycles. The molecule has 106 valence electrons. The second kappa shape index (κ2) is 4.73. The minimum atomic E-state index is -0.547. The quantitative estimate of drug-likeness (QED) is 0.679. The summed E-state index contributed by atoms with van der Waals surface area (Å²) >= 11 is 0. The van der Waals surface area contributed by atoms with E-state index in [1.165, 1.54) is 4.68 Å². The highest BCUT2D eigenvalue weighted by Crippen LogP contribution is 2.31. The summed E-state index contributed by atoms with van der Waals surface area (Å²) < 4.78 is 1.50. The van der Waals surface area contributed by atoms with Crippen LogP contribution in [0.25, 0.3) is 11.3 Å². The summed E-state index contributed by atoms with van der Waals surface area (Å²) in [5.74, 6) is -1.05. The van der Waals surface area contributed by atoms with E-state index in [0.717, 1.165) is 5.56 Å². The number of nitrogens with zero attached hydrogens (tertiary/aromatic N) is 3. The topological polar surface area (TPSA) is 64.8 Å². The molecule has 1 aromatic heterocycles. The van der Waals surface area contributed by atoms with Crippen molar-refractivity contribution in [3.63, 3.8) is 0 Å². The molecular weight excluding hydrogens is 278 g/mol. The van der Waals surface area contributed by atoms with Crippen molar-refractivity contribution in [2.24, 2.45) is 0 Å². The van der Waals surface area contributed by atoms with Crippen LogP contribution in [-0.4, -0.2) is 26.6 Å². The number of hydrogen-bond donors (Lipinski definition) is 0. The lowest BCUT2D eigenvalue weighted by Crippen LogP contribution is -2.24. The lowest BCUT2D eigenvalue weighted by Gasteiger charge is -2.14. The first kappa shape index (κ1) is 12.6. The minimum Gasteiger partial charge on any atom is -0.285 e. The molecule has 5 heteroatoms. The summed E-state index contributed by atoms with van der Waals surface area (Å²) in [6.45, 7) is 0.407. The van der Waals surface area contributed by atoms with Crippen molar-refractivity contribution in [1.82, 2.24) is 15.0 Å². The monoisotopic (exact) mass is 289 g/mol. The Labute approximate surface area is 126 Å². The van der Waals surface area contributed by atoms with Crippen molar-refractivity contribution in [2.75, 3.05) is 0 Å². The Bertz CT molecular complexity index is 897. The molecule has 0 atom stereocenters. The predicted octanol–water partition coefficient (Wildman–Crippen LogP) is 2.37. The summed E-state index contributed by atoms with van der Waals surface area (Å²) in [4.78, 5) is 24.7. The number of carbonyl (C=O) groups excluding carboxylic acids is 2. The number of hydrogen-bond acceptors (Lipinski definition) is 4. The maximum Gasteiger partial charge on any atom is 0.253 e. The standard InChI is InChI=1S/C17H11N3O2/c21-16-13-9-5-4-8-12(13)14-15(17(16)22)20(19-18-14)10-11-6-2-1-3-7-11/h1-9H,10H2. The number of fused-ring (bicyclic) bond motifs is 3. The van der Waals surface area contributed by atoms with Gasteiger partial charge in [0.15, 0.2) is 0 Å². The van der Waals surface area contributed by atoms with E-state index < -0.39 is 11.6 Å². The van der Waals surface area contributed by atoms with Crippen LogP contribution in [0, 0.1) is 0 Å². The van der Waals surface area contributed by atoms with Crippen LogP contribution in [0.4, 0.5) is 0 Å². The van der Waals surface area contributed by atoms with Gasteiger partial charge in [0.1, 0.15) is 11.4 Å². The van der Waals surface area contributed by atoms with Crippen LogP contribution < -0.4 is 0 Å². The van der Waals surface area contributed by atoms with E-state index in [1.54, 1.807) is 18.2 Å². The van der Waals surface area contributed by atoms with Crippen LogP contribution in [0.1, 0.15) is 26.4 Å². The van der Waals surface area contributed by atoms with Gasteiger partial charge in [-0.15, -0.1) is 5.10 Å². The average molecular weight is 289 g/mol. The van der Waals surface area contributed by atoms with Crippen molar-refractivity contribution in [2.45, 2.75) is 6.54 Å². The van der Waals surface area contributed by atoms with E-state index in [1.807, 2.05) is 36.4 Å². The van der Waals surface area contributed by atoms with Gasteiger partial charge in [0, 0.05) is 11.1 Å². The second-order valence-corrected chi connectivity index (χ2v) is 5.13. The number of Topliss-reactive ketones (excluding diaryl/α,β-unsaturated/α-hetero) is 2. The van der Waals surface area contributed by atoms with Crippen molar-refractivity contribution >= 4 is 11.6 Å². The summed E-state index contributed by atoms with van der Waals surface area (Å²) in [5, 5.41) is 8.19. The SMILES string of the molecule is O=C1C(=O)c2c(nnn2Cc2ccccc2)-c2ccccc21.